The fraction of sp³-hybridized carbons (Fsp3) is 0.0455. The van der Waals surface area contributed by atoms with Crippen molar-refractivity contribution in [2.24, 2.45) is 0 Å². The second kappa shape index (κ2) is 8.80. The van der Waals surface area contributed by atoms with Crippen LogP contribution in [0.25, 0.3) is 22.6 Å². The number of fused-ring (bicyclic) bond motifs is 1. The Morgan fingerprint density at radius 3 is 2.67 bits per heavy atom. The van der Waals surface area contributed by atoms with Crippen LogP contribution in [-0.2, 0) is 0 Å². The Bertz CT molecular complexity index is 1240. The van der Waals surface area contributed by atoms with E-state index in [4.69, 9.17) is 21.4 Å². The van der Waals surface area contributed by atoms with E-state index in [0.29, 0.717) is 34.0 Å². The van der Waals surface area contributed by atoms with Crippen molar-refractivity contribution >= 4 is 62.6 Å². The number of anilines is 1. The number of ether oxygens (including phenoxy) is 1. The van der Waals surface area contributed by atoms with Crippen molar-refractivity contribution in [3.05, 3.63) is 75.9 Å². The summed E-state index contributed by atoms with van der Waals surface area (Å²) in [5, 5.41) is 5.91. The fourth-order valence-electron chi connectivity index (χ4n) is 2.83. The van der Waals surface area contributed by atoms with Gasteiger partial charge < -0.3 is 14.5 Å². The summed E-state index contributed by atoms with van der Waals surface area (Å²) in [6, 6.07) is 20.1. The van der Waals surface area contributed by atoms with Gasteiger partial charge in [0.1, 0.15) is 11.3 Å². The minimum absolute atomic E-state index is 0.206. The lowest BCUT2D eigenvalue weighted by molar-refractivity contribution is 0.0977. The number of nitrogens with one attached hydrogen (secondary N) is 2. The molecule has 1 aromatic heterocycles. The molecule has 1 amide bonds. The molecule has 0 aliphatic rings. The molecule has 2 N–H and O–H groups in total. The molecule has 0 aliphatic carbocycles. The summed E-state index contributed by atoms with van der Waals surface area (Å²) >= 11 is 7.47. The average molecular weight is 529 g/mol. The number of rotatable bonds is 4. The zero-order chi connectivity index (χ0) is 21.1. The van der Waals surface area contributed by atoms with Gasteiger partial charge in [0.2, 0.25) is 5.89 Å². The number of hydrogen-bond acceptors (Lipinski definition) is 5. The third kappa shape index (κ3) is 4.60. The lowest BCUT2D eigenvalue weighted by atomic mass is 10.2. The lowest BCUT2D eigenvalue weighted by Gasteiger charge is -2.10. The van der Waals surface area contributed by atoms with Crippen molar-refractivity contribution in [1.29, 1.82) is 0 Å². The van der Waals surface area contributed by atoms with Gasteiger partial charge in [0.05, 0.1) is 7.11 Å². The third-order valence-electron chi connectivity index (χ3n) is 4.30. The largest absolute Gasteiger partial charge is 0.497 e. The first kappa shape index (κ1) is 20.3. The number of thiocarbonyl (C=S) groups is 1. The topological polar surface area (TPSA) is 76.4 Å². The van der Waals surface area contributed by atoms with Crippen LogP contribution >= 0.6 is 34.8 Å². The summed E-state index contributed by atoms with van der Waals surface area (Å²) < 4.78 is 12.1. The van der Waals surface area contributed by atoms with Crippen LogP contribution in [0.3, 0.4) is 0 Å². The van der Waals surface area contributed by atoms with E-state index in [1.165, 1.54) is 0 Å². The highest BCUT2D eigenvalue weighted by Gasteiger charge is 2.11. The first-order chi connectivity index (χ1) is 14.5. The highest BCUT2D eigenvalue weighted by molar-refractivity contribution is 14.1. The Hall–Kier alpha value is -2.98. The minimum Gasteiger partial charge on any atom is -0.497 e. The predicted octanol–water partition coefficient (Wildman–Crippen LogP) is 5.23. The highest BCUT2D eigenvalue weighted by atomic mass is 127. The van der Waals surface area contributed by atoms with E-state index in [0.717, 1.165) is 9.13 Å². The van der Waals surface area contributed by atoms with E-state index in [1.807, 2.05) is 54.6 Å². The molecule has 0 fully saturated rings. The van der Waals surface area contributed by atoms with Crippen LogP contribution < -0.4 is 15.4 Å². The molecule has 4 rings (SSSR count). The van der Waals surface area contributed by atoms with Crippen LogP contribution in [-0.4, -0.2) is 23.1 Å². The molecule has 150 valence electrons. The Morgan fingerprint density at radius 1 is 1.10 bits per heavy atom. The number of oxazole rings is 1. The number of carbonyl (C=O) groups excluding carboxylic acids is 1. The smallest absolute Gasteiger partial charge is 0.257 e. The summed E-state index contributed by atoms with van der Waals surface area (Å²) in [4.78, 5) is 16.8. The summed E-state index contributed by atoms with van der Waals surface area (Å²) in [6.45, 7) is 0. The standard InChI is InChI=1S/C22H16IN3O3S/c1-28-17-9-10-19-18(12-17)25-21(29-19)14-3-2-4-16(11-14)24-22(30)26-20(27)13-5-7-15(23)8-6-13/h2-12H,1H3,(H2,24,26,27,30). The number of nitrogens with zero attached hydrogens (tertiary/aromatic N) is 1. The monoisotopic (exact) mass is 529 g/mol. The average Bonchev–Trinajstić information content (AvgIpc) is 3.17. The molecular weight excluding hydrogens is 513 g/mol. The van der Waals surface area contributed by atoms with Gasteiger partial charge in [-0.05, 0) is 89.4 Å². The third-order valence-corrected chi connectivity index (χ3v) is 5.22. The second-order valence-corrected chi connectivity index (χ2v) is 8.00. The molecule has 0 radical (unpaired) electrons. The number of hydrogen-bond donors (Lipinski definition) is 2. The Kier molecular flexibility index (Phi) is 5.96. The van der Waals surface area contributed by atoms with Crippen LogP contribution in [0, 0.1) is 3.57 Å². The van der Waals surface area contributed by atoms with E-state index in [2.05, 4.69) is 38.2 Å². The number of halogens is 1. The van der Waals surface area contributed by atoms with Gasteiger partial charge in [0.25, 0.3) is 5.91 Å². The minimum atomic E-state index is -0.270. The summed E-state index contributed by atoms with van der Waals surface area (Å²) in [5.74, 6) is 0.927. The molecule has 4 aromatic rings. The number of methoxy groups -OCH3 is 1. The van der Waals surface area contributed by atoms with E-state index in [-0.39, 0.29) is 11.0 Å². The number of aromatic nitrogens is 1. The van der Waals surface area contributed by atoms with Crippen molar-refractivity contribution in [3.8, 4) is 17.2 Å². The fourth-order valence-corrected chi connectivity index (χ4v) is 3.40. The number of amides is 1. The van der Waals surface area contributed by atoms with Crippen molar-refractivity contribution in [2.45, 2.75) is 0 Å². The van der Waals surface area contributed by atoms with Gasteiger partial charge in [0.15, 0.2) is 10.7 Å². The van der Waals surface area contributed by atoms with Gasteiger partial charge in [-0.15, -0.1) is 0 Å². The molecule has 0 saturated carbocycles. The summed E-state index contributed by atoms with van der Waals surface area (Å²) in [6.07, 6.45) is 0. The summed E-state index contributed by atoms with van der Waals surface area (Å²) in [5.41, 5.74) is 3.41. The van der Waals surface area contributed by atoms with Gasteiger partial charge in [0, 0.05) is 26.5 Å². The SMILES string of the molecule is COc1ccc2oc(-c3cccc(NC(=S)NC(=O)c4ccc(I)cc4)c3)nc2c1. The zero-order valence-electron chi connectivity index (χ0n) is 15.8. The van der Waals surface area contributed by atoms with Crippen LogP contribution in [0.15, 0.2) is 71.1 Å². The molecule has 0 spiro atoms. The Morgan fingerprint density at radius 2 is 1.90 bits per heavy atom. The predicted molar refractivity (Wildman–Crippen MR) is 129 cm³/mol. The zero-order valence-corrected chi connectivity index (χ0v) is 18.8. The quantitative estimate of drug-likeness (QED) is 0.279. The van der Waals surface area contributed by atoms with Crippen LogP contribution in [0.4, 0.5) is 5.69 Å². The molecule has 3 aromatic carbocycles. The second-order valence-electron chi connectivity index (χ2n) is 6.35. The van der Waals surface area contributed by atoms with Gasteiger partial charge >= 0.3 is 0 Å². The molecule has 0 atom stereocenters. The van der Waals surface area contributed by atoms with E-state index >= 15 is 0 Å². The summed E-state index contributed by atoms with van der Waals surface area (Å²) in [7, 11) is 1.61. The van der Waals surface area contributed by atoms with Crippen LogP contribution in [0.2, 0.25) is 0 Å². The molecule has 0 aliphatic heterocycles. The molecule has 1 heterocycles. The first-order valence-electron chi connectivity index (χ1n) is 8.95. The van der Waals surface area contributed by atoms with Gasteiger partial charge in [-0.2, -0.15) is 0 Å². The van der Waals surface area contributed by atoms with Gasteiger partial charge in [-0.3, -0.25) is 10.1 Å². The molecular formula is C22H16IN3O3S. The van der Waals surface area contributed by atoms with E-state index < -0.39 is 0 Å². The molecule has 0 saturated heterocycles. The van der Waals surface area contributed by atoms with Crippen LogP contribution in [0.5, 0.6) is 5.75 Å². The van der Waals surface area contributed by atoms with Crippen molar-refractivity contribution in [1.82, 2.24) is 10.3 Å². The van der Waals surface area contributed by atoms with E-state index in [1.54, 1.807) is 19.2 Å². The number of carbonyl (C=O) groups is 1. The Balaban J connectivity index is 1.48. The lowest BCUT2D eigenvalue weighted by Crippen LogP contribution is -2.34. The molecule has 8 heteroatoms. The molecule has 0 unspecified atom stereocenters. The normalized spacial score (nSPS) is 10.6. The van der Waals surface area contributed by atoms with Crippen molar-refractivity contribution < 1.29 is 13.9 Å². The first-order valence-corrected chi connectivity index (χ1v) is 10.4. The highest BCUT2D eigenvalue weighted by Crippen LogP contribution is 2.28. The molecule has 30 heavy (non-hydrogen) atoms. The van der Waals surface area contributed by atoms with Crippen molar-refractivity contribution in [3.63, 3.8) is 0 Å². The number of benzene rings is 3. The van der Waals surface area contributed by atoms with Gasteiger partial charge in [-0.1, -0.05) is 6.07 Å². The maximum Gasteiger partial charge on any atom is 0.257 e. The molecule has 0 bridgehead atoms. The maximum absolute atomic E-state index is 12.3. The van der Waals surface area contributed by atoms with Crippen LogP contribution in [0.1, 0.15) is 10.4 Å². The van der Waals surface area contributed by atoms with Gasteiger partial charge in [-0.25, -0.2) is 4.98 Å². The maximum atomic E-state index is 12.3. The van der Waals surface area contributed by atoms with E-state index in [9.17, 15) is 4.79 Å². The Labute approximate surface area is 191 Å². The molecule has 6 nitrogen and oxygen atoms in total. The van der Waals surface area contributed by atoms with Crippen molar-refractivity contribution in [2.75, 3.05) is 12.4 Å².